The van der Waals surface area contributed by atoms with Crippen LogP contribution < -0.4 is 0 Å². The summed E-state index contributed by atoms with van der Waals surface area (Å²) in [6.07, 6.45) is 2.54. The lowest BCUT2D eigenvalue weighted by Gasteiger charge is -2.49. The van der Waals surface area contributed by atoms with Crippen molar-refractivity contribution < 1.29 is 13.1 Å². The highest BCUT2D eigenvalue weighted by Crippen LogP contribution is 2.47. The third kappa shape index (κ3) is 2.36. The van der Waals surface area contributed by atoms with E-state index < -0.39 is 0 Å². The maximum Gasteiger partial charge on any atom is 0.158 e. The molecule has 1 unspecified atom stereocenters. The zero-order chi connectivity index (χ0) is 11.6. The Bertz CT molecular complexity index is 362. The smallest absolute Gasteiger partial charge is 0.158 e. The summed E-state index contributed by atoms with van der Waals surface area (Å²) in [4.78, 5) is 0. The van der Waals surface area contributed by atoms with Crippen molar-refractivity contribution in [3.8, 4) is 0 Å². The zero-order valence-electron chi connectivity index (χ0n) is 9.63. The number of rotatable bonds is 3. The fraction of sp³-hybridized carbons (Fsp3) is 0.538. The van der Waals surface area contributed by atoms with Crippen molar-refractivity contribution in [2.45, 2.75) is 25.6 Å². The highest BCUT2D eigenvalue weighted by atomic mass is 32.2. The van der Waals surface area contributed by atoms with Crippen molar-refractivity contribution in [3.63, 3.8) is 0 Å². The van der Waals surface area contributed by atoms with Gasteiger partial charge in [0, 0.05) is 5.41 Å². The highest BCUT2D eigenvalue weighted by molar-refractivity contribution is 7.89. The molecule has 1 aromatic carbocycles. The molecule has 1 saturated heterocycles. The van der Waals surface area contributed by atoms with Gasteiger partial charge in [0.15, 0.2) is 12.3 Å². The molecule has 0 aromatic heterocycles. The second-order valence-corrected chi connectivity index (χ2v) is 5.39. The topological polar surface area (TPSA) is 27.7 Å². The van der Waals surface area contributed by atoms with Gasteiger partial charge in [0.1, 0.15) is 0 Å². The van der Waals surface area contributed by atoms with Gasteiger partial charge in [0.2, 0.25) is 0 Å². The predicted molar refractivity (Wildman–Crippen MR) is 66.2 cm³/mol. The minimum atomic E-state index is 0.111. The third-order valence-electron chi connectivity index (χ3n) is 3.67. The molecule has 1 spiro atoms. The van der Waals surface area contributed by atoms with Crippen LogP contribution in [-0.4, -0.2) is 19.3 Å². The quantitative estimate of drug-likeness (QED) is 0.773. The average Bonchev–Trinajstić information content (AvgIpc) is 2.40. The summed E-state index contributed by atoms with van der Waals surface area (Å²) in [6, 6.07) is 10.3. The molecule has 2 aliphatic rings. The van der Waals surface area contributed by atoms with E-state index in [-0.39, 0.29) is 11.5 Å². The molecule has 92 valence electrons. The van der Waals surface area contributed by atoms with Gasteiger partial charge in [-0.15, -0.1) is 0 Å². The Balaban J connectivity index is 1.56. The Morgan fingerprint density at radius 1 is 1.24 bits per heavy atom. The van der Waals surface area contributed by atoms with Gasteiger partial charge in [-0.3, -0.25) is 8.37 Å². The Hall–Kier alpha value is -0.550. The number of benzene rings is 1. The minimum Gasteiger partial charge on any atom is -0.373 e. The van der Waals surface area contributed by atoms with E-state index in [4.69, 9.17) is 13.1 Å². The van der Waals surface area contributed by atoms with E-state index in [0.717, 1.165) is 38.4 Å². The van der Waals surface area contributed by atoms with Gasteiger partial charge in [-0.25, -0.2) is 0 Å². The fourth-order valence-electron chi connectivity index (χ4n) is 2.39. The Kier molecular flexibility index (Phi) is 3.38. The van der Waals surface area contributed by atoms with E-state index in [1.54, 1.807) is 0 Å². The molecular weight excluding hydrogens is 236 g/mol. The maximum atomic E-state index is 5.99. The van der Waals surface area contributed by atoms with Gasteiger partial charge in [-0.1, -0.05) is 30.3 Å². The van der Waals surface area contributed by atoms with Crippen molar-refractivity contribution in [3.05, 3.63) is 35.9 Å². The van der Waals surface area contributed by atoms with Gasteiger partial charge in [0.05, 0.1) is 25.9 Å². The van der Waals surface area contributed by atoms with Crippen molar-refractivity contribution >= 4 is 12.3 Å². The lowest BCUT2D eigenvalue weighted by molar-refractivity contribution is -0.158. The van der Waals surface area contributed by atoms with E-state index in [2.05, 4.69) is 12.1 Å². The van der Waals surface area contributed by atoms with E-state index in [1.807, 2.05) is 18.2 Å². The maximum absolute atomic E-state index is 5.99. The lowest BCUT2D eigenvalue weighted by atomic mass is 9.67. The molecule has 1 aliphatic carbocycles. The molecule has 0 N–H and O–H groups in total. The summed E-state index contributed by atoms with van der Waals surface area (Å²) in [7, 11) is 0. The highest BCUT2D eigenvalue weighted by Gasteiger charge is 2.50. The summed E-state index contributed by atoms with van der Waals surface area (Å²) >= 11 is 1.11. The molecule has 1 aromatic rings. The summed E-state index contributed by atoms with van der Waals surface area (Å²) in [5.41, 5.74) is 1.33. The van der Waals surface area contributed by atoms with Crippen LogP contribution in [0.15, 0.2) is 30.3 Å². The van der Waals surface area contributed by atoms with Crippen LogP contribution in [0.3, 0.4) is 0 Å². The molecule has 0 bridgehead atoms. The number of hydrogen-bond donors (Lipinski definition) is 0. The monoisotopic (exact) mass is 252 g/mol. The van der Waals surface area contributed by atoms with Crippen LogP contribution in [-0.2, 0) is 19.7 Å². The van der Waals surface area contributed by atoms with Crippen molar-refractivity contribution in [2.24, 2.45) is 5.41 Å². The van der Waals surface area contributed by atoms with E-state index >= 15 is 0 Å². The Labute approximate surface area is 106 Å². The second-order valence-electron chi connectivity index (χ2n) is 4.78. The van der Waals surface area contributed by atoms with E-state index in [1.165, 1.54) is 5.56 Å². The number of ether oxygens (including phenoxy) is 1. The summed E-state index contributed by atoms with van der Waals surface area (Å²) in [5.74, 6) is 0. The van der Waals surface area contributed by atoms with E-state index in [0.29, 0.717) is 6.61 Å². The van der Waals surface area contributed by atoms with E-state index in [9.17, 15) is 0 Å². The molecule has 1 heterocycles. The first-order valence-corrected chi connectivity index (χ1v) is 6.62. The Morgan fingerprint density at radius 3 is 2.65 bits per heavy atom. The van der Waals surface area contributed by atoms with Crippen molar-refractivity contribution in [2.75, 3.05) is 13.2 Å². The summed E-state index contributed by atoms with van der Waals surface area (Å²) in [5, 5.41) is 0. The van der Waals surface area contributed by atoms with Crippen molar-refractivity contribution in [1.29, 1.82) is 0 Å². The third-order valence-corrected chi connectivity index (χ3v) is 4.10. The van der Waals surface area contributed by atoms with Crippen LogP contribution in [0.2, 0.25) is 0 Å². The molecule has 17 heavy (non-hydrogen) atoms. The molecule has 0 radical (unpaired) electrons. The van der Waals surface area contributed by atoms with Gasteiger partial charge in [0.25, 0.3) is 0 Å². The molecule has 0 amide bonds. The average molecular weight is 252 g/mol. The molecule has 3 nitrogen and oxygen atoms in total. The summed E-state index contributed by atoms with van der Waals surface area (Å²) in [6.45, 7) is 2.18. The first kappa shape index (κ1) is 11.5. The van der Waals surface area contributed by atoms with Crippen LogP contribution in [0.1, 0.15) is 18.4 Å². The molecule has 3 rings (SSSR count). The van der Waals surface area contributed by atoms with Gasteiger partial charge < -0.3 is 4.74 Å². The second kappa shape index (κ2) is 4.98. The molecule has 1 aliphatic heterocycles. The normalized spacial score (nSPS) is 26.7. The zero-order valence-corrected chi connectivity index (χ0v) is 10.4. The first-order valence-electron chi connectivity index (χ1n) is 5.96. The fourth-order valence-corrected chi connectivity index (χ4v) is 3.02. The first-order chi connectivity index (χ1) is 8.39. The van der Waals surface area contributed by atoms with Crippen LogP contribution >= 0.6 is 12.3 Å². The SMILES string of the molecule is c1ccc(COC2CCC23COSOC3)cc1. The van der Waals surface area contributed by atoms with Crippen LogP contribution in [0.5, 0.6) is 0 Å². The lowest BCUT2D eigenvalue weighted by Crippen LogP contribution is -2.53. The minimum absolute atomic E-state index is 0.111. The summed E-state index contributed by atoms with van der Waals surface area (Å²) < 4.78 is 16.6. The predicted octanol–water partition coefficient (Wildman–Crippen LogP) is 2.96. The van der Waals surface area contributed by atoms with Gasteiger partial charge in [-0.05, 0) is 18.4 Å². The largest absolute Gasteiger partial charge is 0.373 e. The van der Waals surface area contributed by atoms with Crippen LogP contribution in [0, 0.1) is 5.41 Å². The van der Waals surface area contributed by atoms with Crippen LogP contribution in [0.25, 0.3) is 0 Å². The van der Waals surface area contributed by atoms with Gasteiger partial charge in [-0.2, -0.15) is 0 Å². The molecule has 4 heteroatoms. The molecule has 2 fully saturated rings. The van der Waals surface area contributed by atoms with Crippen LogP contribution in [0.4, 0.5) is 0 Å². The Morgan fingerprint density at radius 2 is 2.00 bits per heavy atom. The standard InChI is InChI=1S/C13H16O3S/c1-2-4-11(5-3-1)8-14-12-6-7-13(12)9-15-17-16-10-13/h1-5,12H,6-10H2. The van der Waals surface area contributed by atoms with Gasteiger partial charge >= 0.3 is 0 Å². The molecular formula is C13H16O3S. The van der Waals surface area contributed by atoms with Crippen molar-refractivity contribution in [1.82, 2.24) is 0 Å². The number of hydrogen-bond acceptors (Lipinski definition) is 4. The molecule has 1 atom stereocenters. The molecule has 1 saturated carbocycles.